The second-order valence-corrected chi connectivity index (χ2v) is 7.44. The van der Waals surface area contributed by atoms with E-state index in [0.717, 1.165) is 49.0 Å². The Kier molecular flexibility index (Phi) is 5.15. The number of rotatable bonds is 5. The second-order valence-electron chi connectivity index (χ2n) is 7.44. The van der Waals surface area contributed by atoms with E-state index in [4.69, 9.17) is 0 Å². The molecule has 1 fully saturated rings. The minimum Gasteiger partial charge on any atom is -0.353 e. The lowest BCUT2D eigenvalue weighted by Crippen LogP contribution is -2.47. The summed E-state index contributed by atoms with van der Waals surface area (Å²) in [5.74, 6) is -0.193. The largest absolute Gasteiger partial charge is 0.353 e. The van der Waals surface area contributed by atoms with E-state index in [-0.39, 0.29) is 18.0 Å². The van der Waals surface area contributed by atoms with Crippen molar-refractivity contribution < 1.29 is 4.79 Å². The van der Waals surface area contributed by atoms with Crippen LogP contribution in [0.2, 0.25) is 0 Å². The summed E-state index contributed by atoms with van der Waals surface area (Å²) < 4.78 is 3.11. The van der Waals surface area contributed by atoms with Crippen molar-refractivity contribution in [2.24, 2.45) is 7.05 Å². The molecule has 8 heteroatoms. The Morgan fingerprint density at radius 1 is 1.11 bits per heavy atom. The molecule has 0 atom stereocenters. The van der Waals surface area contributed by atoms with Gasteiger partial charge in [-0.1, -0.05) is 18.2 Å². The number of benzene rings is 1. The topological polar surface area (TPSA) is 75.4 Å². The normalized spacial score (nSPS) is 16.1. The van der Waals surface area contributed by atoms with Gasteiger partial charge in [-0.2, -0.15) is 5.10 Å². The molecule has 0 bridgehead atoms. The van der Waals surface area contributed by atoms with E-state index in [2.05, 4.69) is 27.3 Å². The van der Waals surface area contributed by atoms with Gasteiger partial charge in [0.2, 0.25) is 5.91 Å². The molecule has 4 rings (SSSR count). The van der Waals surface area contributed by atoms with Crippen LogP contribution in [0.15, 0.2) is 35.3 Å². The highest BCUT2D eigenvalue weighted by atomic mass is 16.2. The van der Waals surface area contributed by atoms with Gasteiger partial charge in [-0.15, -0.1) is 0 Å². The van der Waals surface area contributed by atoms with Crippen LogP contribution in [-0.4, -0.2) is 76.4 Å². The first kappa shape index (κ1) is 18.6. The van der Waals surface area contributed by atoms with Crippen molar-refractivity contribution in [3.8, 4) is 0 Å². The van der Waals surface area contributed by atoms with Crippen LogP contribution in [0.1, 0.15) is 0 Å². The zero-order chi connectivity index (χ0) is 19.7. The Morgan fingerprint density at radius 3 is 2.64 bits per heavy atom. The molecule has 2 aromatic heterocycles. The van der Waals surface area contributed by atoms with Crippen molar-refractivity contribution in [3.05, 3.63) is 40.8 Å². The van der Waals surface area contributed by atoms with Gasteiger partial charge < -0.3 is 14.8 Å². The highest BCUT2D eigenvalue weighted by Crippen LogP contribution is 2.24. The Morgan fingerprint density at radius 2 is 1.86 bits per heavy atom. The summed E-state index contributed by atoms with van der Waals surface area (Å²) in [5.41, 5.74) is 1.30. The molecule has 1 saturated heterocycles. The van der Waals surface area contributed by atoms with Gasteiger partial charge in [-0.05, 0) is 13.1 Å². The number of para-hydroxylation sites is 1. The van der Waals surface area contributed by atoms with Crippen LogP contribution in [0.25, 0.3) is 21.8 Å². The molecule has 0 radical (unpaired) electrons. The van der Waals surface area contributed by atoms with Crippen LogP contribution in [0.3, 0.4) is 0 Å². The maximum atomic E-state index is 12.9. The SMILES string of the molecule is CN1CCN(CCNC(=O)Cn2ncc3c4ccccc4n(C)c3c2=O)CC1. The van der Waals surface area contributed by atoms with Gasteiger partial charge >= 0.3 is 0 Å². The minimum atomic E-state index is -0.245. The predicted octanol–water partition coefficient (Wildman–Crippen LogP) is 0.252. The molecule has 3 heterocycles. The third kappa shape index (κ3) is 3.53. The number of likely N-dealkylation sites (N-methyl/N-ethyl adjacent to an activating group) is 1. The van der Waals surface area contributed by atoms with E-state index in [9.17, 15) is 9.59 Å². The first-order valence-corrected chi connectivity index (χ1v) is 9.65. The summed E-state index contributed by atoms with van der Waals surface area (Å²) >= 11 is 0. The summed E-state index contributed by atoms with van der Waals surface area (Å²) in [4.78, 5) is 29.8. The molecule has 0 saturated carbocycles. The summed E-state index contributed by atoms with van der Waals surface area (Å²) in [7, 11) is 3.99. The third-order valence-corrected chi connectivity index (χ3v) is 5.55. The lowest BCUT2D eigenvalue weighted by atomic mass is 10.2. The van der Waals surface area contributed by atoms with Gasteiger partial charge in [-0.25, -0.2) is 4.68 Å². The molecule has 1 aromatic carbocycles. The fraction of sp³-hybridized carbons (Fsp3) is 0.450. The van der Waals surface area contributed by atoms with Gasteiger partial charge in [-0.3, -0.25) is 14.5 Å². The van der Waals surface area contributed by atoms with Crippen LogP contribution >= 0.6 is 0 Å². The Labute approximate surface area is 163 Å². The highest BCUT2D eigenvalue weighted by molar-refractivity contribution is 6.07. The van der Waals surface area contributed by atoms with E-state index in [1.807, 2.05) is 35.9 Å². The number of carbonyl (C=O) groups is 1. The molecule has 1 aliphatic heterocycles. The Hall–Kier alpha value is -2.71. The molecular weight excluding hydrogens is 356 g/mol. The van der Waals surface area contributed by atoms with Crippen molar-refractivity contribution in [1.29, 1.82) is 0 Å². The van der Waals surface area contributed by atoms with Crippen molar-refractivity contribution in [3.63, 3.8) is 0 Å². The smallest absolute Gasteiger partial charge is 0.291 e. The minimum absolute atomic E-state index is 0.0704. The maximum Gasteiger partial charge on any atom is 0.291 e. The summed E-state index contributed by atoms with van der Waals surface area (Å²) in [6.45, 7) is 5.48. The molecule has 0 spiro atoms. The lowest BCUT2D eigenvalue weighted by Gasteiger charge is -2.32. The average molecular weight is 382 g/mol. The molecule has 1 amide bonds. The zero-order valence-electron chi connectivity index (χ0n) is 16.4. The first-order chi connectivity index (χ1) is 13.5. The van der Waals surface area contributed by atoms with Crippen LogP contribution in [-0.2, 0) is 18.4 Å². The lowest BCUT2D eigenvalue weighted by molar-refractivity contribution is -0.122. The molecule has 28 heavy (non-hydrogen) atoms. The van der Waals surface area contributed by atoms with E-state index in [1.165, 1.54) is 4.68 Å². The number of nitrogens with one attached hydrogen (secondary N) is 1. The molecule has 0 unspecified atom stereocenters. The van der Waals surface area contributed by atoms with E-state index in [0.29, 0.717) is 12.1 Å². The van der Waals surface area contributed by atoms with Crippen LogP contribution < -0.4 is 10.9 Å². The van der Waals surface area contributed by atoms with Gasteiger partial charge in [0, 0.05) is 62.6 Å². The fourth-order valence-electron chi connectivity index (χ4n) is 3.84. The molecule has 3 aromatic rings. The monoisotopic (exact) mass is 382 g/mol. The quantitative estimate of drug-likeness (QED) is 0.685. The van der Waals surface area contributed by atoms with Crippen LogP contribution in [0, 0.1) is 0 Å². The Bertz CT molecular complexity index is 1060. The number of amides is 1. The molecule has 0 aliphatic carbocycles. The molecular formula is C20H26N6O2. The summed E-state index contributed by atoms with van der Waals surface area (Å²) in [6.07, 6.45) is 1.68. The molecule has 8 nitrogen and oxygen atoms in total. The fourth-order valence-corrected chi connectivity index (χ4v) is 3.84. The van der Waals surface area contributed by atoms with Crippen molar-refractivity contribution in [2.45, 2.75) is 6.54 Å². The number of aryl methyl sites for hydroxylation is 1. The van der Waals surface area contributed by atoms with Crippen molar-refractivity contribution in [1.82, 2.24) is 29.5 Å². The number of fused-ring (bicyclic) bond motifs is 3. The number of hydrogen-bond donors (Lipinski definition) is 1. The van der Waals surface area contributed by atoms with E-state index < -0.39 is 0 Å². The van der Waals surface area contributed by atoms with Gasteiger partial charge in [0.25, 0.3) is 5.56 Å². The summed E-state index contributed by atoms with van der Waals surface area (Å²) in [5, 5.41) is 8.94. The van der Waals surface area contributed by atoms with Gasteiger partial charge in [0.15, 0.2) is 0 Å². The van der Waals surface area contributed by atoms with Gasteiger partial charge in [0.1, 0.15) is 12.1 Å². The van der Waals surface area contributed by atoms with Gasteiger partial charge in [0.05, 0.1) is 6.20 Å². The number of aromatic nitrogens is 3. The predicted molar refractivity (Wildman–Crippen MR) is 109 cm³/mol. The zero-order valence-corrected chi connectivity index (χ0v) is 16.4. The van der Waals surface area contributed by atoms with E-state index in [1.54, 1.807) is 6.20 Å². The molecule has 148 valence electrons. The highest BCUT2D eigenvalue weighted by Gasteiger charge is 2.16. The second kappa shape index (κ2) is 7.73. The first-order valence-electron chi connectivity index (χ1n) is 9.65. The number of hydrogen-bond acceptors (Lipinski definition) is 5. The van der Waals surface area contributed by atoms with Crippen molar-refractivity contribution >= 4 is 27.7 Å². The van der Waals surface area contributed by atoms with Crippen molar-refractivity contribution in [2.75, 3.05) is 46.3 Å². The average Bonchev–Trinajstić information content (AvgIpc) is 2.99. The summed E-state index contributed by atoms with van der Waals surface area (Å²) in [6, 6.07) is 7.85. The maximum absolute atomic E-state index is 12.9. The van der Waals surface area contributed by atoms with Crippen LogP contribution in [0.5, 0.6) is 0 Å². The molecule has 1 N–H and O–H groups in total. The number of carbonyl (C=O) groups excluding carboxylic acids is 1. The number of piperazine rings is 1. The number of nitrogens with zero attached hydrogens (tertiary/aromatic N) is 5. The standard InChI is InChI=1S/C20H26N6O2/c1-23-9-11-25(12-10-23)8-7-21-18(27)14-26-20(28)19-16(13-22-26)15-5-3-4-6-17(15)24(19)2/h3-6,13H,7-12,14H2,1-2H3,(H,21,27). The van der Waals surface area contributed by atoms with E-state index >= 15 is 0 Å². The Balaban J connectivity index is 1.44. The third-order valence-electron chi connectivity index (χ3n) is 5.55. The van der Waals surface area contributed by atoms with Crippen LogP contribution in [0.4, 0.5) is 0 Å². The molecule has 1 aliphatic rings.